The summed E-state index contributed by atoms with van der Waals surface area (Å²) in [6.45, 7) is 0.0911. The van der Waals surface area contributed by atoms with Gasteiger partial charge in [-0.05, 0) is 70.0 Å². The SMILES string of the molecule is COc1cccc2oc(-c3nc4ccccc4c(=O)n3N=Cc3cc(Br)c(OCc4ccc(Cl)cc4)c([N+](=O)[O-])c3)cc12. The van der Waals surface area contributed by atoms with E-state index in [0.717, 1.165) is 10.2 Å². The van der Waals surface area contributed by atoms with Gasteiger partial charge in [-0.2, -0.15) is 9.78 Å². The molecular weight excluding hydrogens is 640 g/mol. The van der Waals surface area contributed by atoms with E-state index in [1.54, 1.807) is 86.0 Å². The van der Waals surface area contributed by atoms with Crippen LogP contribution in [0.25, 0.3) is 33.5 Å². The highest BCUT2D eigenvalue weighted by Gasteiger charge is 2.21. The average Bonchev–Trinajstić information content (AvgIpc) is 3.45. The van der Waals surface area contributed by atoms with Crippen molar-refractivity contribution in [3.63, 3.8) is 0 Å². The number of nitro benzene ring substituents is 1. The summed E-state index contributed by atoms with van der Waals surface area (Å²) in [5, 5.41) is 18.0. The van der Waals surface area contributed by atoms with E-state index in [1.165, 1.54) is 12.3 Å². The summed E-state index contributed by atoms with van der Waals surface area (Å²) < 4.78 is 18.8. The van der Waals surface area contributed by atoms with E-state index in [2.05, 4.69) is 26.0 Å². The van der Waals surface area contributed by atoms with E-state index in [-0.39, 0.29) is 29.6 Å². The Bertz CT molecular complexity index is 2110. The van der Waals surface area contributed by atoms with E-state index < -0.39 is 10.5 Å². The van der Waals surface area contributed by atoms with Gasteiger partial charge in [-0.25, -0.2) is 4.98 Å². The van der Waals surface area contributed by atoms with Crippen molar-refractivity contribution in [2.45, 2.75) is 6.61 Å². The Morgan fingerprint density at radius 3 is 2.63 bits per heavy atom. The predicted molar refractivity (Wildman–Crippen MR) is 167 cm³/mol. The van der Waals surface area contributed by atoms with Crippen LogP contribution in [0.1, 0.15) is 11.1 Å². The molecule has 0 aliphatic rings. The van der Waals surface area contributed by atoms with Crippen molar-refractivity contribution in [1.29, 1.82) is 0 Å². The number of aromatic nitrogens is 2. The fourth-order valence-electron chi connectivity index (χ4n) is 4.53. The first-order valence-corrected chi connectivity index (χ1v) is 14.0. The van der Waals surface area contributed by atoms with Gasteiger partial charge in [0.2, 0.25) is 11.6 Å². The molecular formula is C31H20BrClN4O6. The lowest BCUT2D eigenvalue weighted by molar-refractivity contribution is -0.386. The van der Waals surface area contributed by atoms with Crippen molar-refractivity contribution in [2.24, 2.45) is 5.10 Å². The van der Waals surface area contributed by atoms with Crippen molar-refractivity contribution in [2.75, 3.05) is 7.11 Å². The lowest BCUT2D eigenvalue weighted by Crippen LogP contribution is -2.20. The molecule has 6 aromatic rings. The molecule has 6 rings (SSSR count). The molecule has 12 heteroatoms. The van der Waals surface area contributed by atoms with Crippen molar-refractivity contribution in [3.05, 3.63) is 126 Å². The Hall–Kier alpha value is -5.00. The third kappa shape index (κ3) is 5.60. The van der Waals surface area contributed by atoms with Gasteiger partial charge in [0.25, 0.3) is 5.56 Å². The summed E-state index contributed by atoms with van der Waals surface area (Å²) in [6.07, 6.45) is 1.34. The van der Waals surface area contributed by atoms with Gasteiger partial charge in [0.15, 0.2) is 5.76 Å². The number of hydrogen-bond donors (Lipinski definition) is 0. The van der Waals surface area contributed by atoms with Crippen LogP contribution in [0.5, 0.6) is 11.5 Å². The lowest BCUT2D eigenvalue weighted by Gasteiger charge is -2.10. The maximum Gasteiger partial charge on any atom is 0.312 e. The number of nitrogens with zero attached hydrogens (tertiary/aromatic N) is 4. The molecule has 0 amide bonds. The first kappa shape index (κ1) is 28.1. The second-order valence-electron chi connectivity index (χ2n) is 9.32. The molecule has 0 fully saturated rings. The van der Waals surface area contributed by atoms with E-state index in [1.807, 2.05) is 0 Å². The summed E-state index contributed by atoms with van der Waals surface area (Å²) in [7, 11) is 1.56. The third-order valence-corrected chi connectivity index (χ3v) is 7.42. The van der Waals surface area contributed by atoms with E-state index >= 15 is 0 Å². The molecule has 0 aliphatic heterocycles. The highest BCUT2D eigenvalue weighted by atomic mass is 79.9. The zero-order chi connectivity index (χ0) is 30.1. The molecule has 10 nitrogen and oxygen atoms in total. The predicted octanol–water partition coefficient (Wildman–Crippen LogP) is 7.60. The summed E-state index contributed by atoms with van der Waals surface area (Å²) >= 11 is 9.33. The summed E-state index contributed by atoms with van der Waals surface area (Å²) in [5.74, 6) is 1.09. The molecule has 4 aromatic carbocycles. The van der Waals surface area contributed by atoms with Crippen LogP contribution < -0.4 is 15.0 Å². The second-order valence-corrected chi connectivity index (χ2v) is 10.6. The van der Waals surface area contributed by atoms with Crippen LogP contribution in [0.3, 0.4) is 0 Å². The average molecular weight is 660 g/mol. The maximum atomic E-state index is 13.6. The largest absolute Gasteiger partial charge is 0.496 e. The molecule has 0 radical (unpaired) electrons. The van der Waals surface area contributed by atoms with E-state index in [9.17, 15) is 14.9 Å². The lowest BCUT2D eigenvalue weighted by atomic mass is 10.2. The number of nitro groups is 1. The van der Waals surface area contributed by atoms with Crippen molar-refractivity contribution < 1.29 is 18.8 Å². The van der Waals surface area contributed by atoms with Crippen molar-refractivity contribution in [3.8, 4) is 23.1 Å². The number of furan rings is 1. The smallest absolute Gasteiger partial charge is 0.312 e. The quantitative estimate of drug-likeness (QED) is 0.0937. The van der Waals surface area contributed by atoms with Gasteiger partial charge in [0.05, 0.1) is 39.0 Å². The molecule has 0 N–H and O–H groups in total. The first-order valence-electron chi connectivity index (χ1n) is 12.8. The summed E-state index contributed by atoms with van der Waals surface area (Å²) in [6, 6.07) is 23.9. The third-order valence-electron chi connectivity index (χ3n) is 6.58. The van der Waals surface area contributed by atoms with Gasteiger partial charge in [-0.15, -0.1) is 0 Å². The van der Waals surface area contributed by atoms with Gasteiger partial charge in [0, 0.05) is 16.7 Å². The van der Waals surface area contributed by atoms with Crippen LogP contribution in [0.15, 0.2) is 104 Å². The zero-order valence-electron chi connectivity index (χ0n) is 22.4. The van der Waals surface area contributed by atoms with Crippen LogP contribution in [-0.4, -0.2) is 27.9 Å². The standard InChI is InChI=1S/C31H20BrClN4O6/c1-41-26-7-4-8-27-22(26)15-28(43-27)30-35-24-6-3-2-5-21(24)31(38)36(30)34-16-19-13-23(32)29(25(14-19)37(39)40)42-17-18-9-11-20(33)12-10-18/h2-16H,17H2,1H3. The highest BCUT2D eigenvalue weighted by Crippen LogP contribution is 2.37. The van der Waals surface area contributed by atoms with Gasteiger partial charge in [-0.1, -0.05) is 41.9 Å². The molecule has 0 saturated heterocycles. The topological polar surface area (TPSA) is 122 Å². The minimum atomic E-state index is -0.545. The molecule has 0 spiro atoms. The fourth-order valence-corrected chi connectivity index (χ4v) is 5.23. The number of benzene rings is 4. The van der Waals surface area contributed by atoms with Gasteiger partial charge in [0.1, 0.15) is 17.9 Å². The minimum absolute atomic E-state index is 0.0542. The molecule has 0 bridgehead atoms. The summed E-state index contributed by atoms with van der Waals surface area (Å²) in [5.41, 5.74) is 1.41. The van der Waals surface area contributed by atoms with Gasteiger partial charge >= 0.3 is 5.69 Å². The van der Waals surface area contributed by atoms with Gasteiger partial charge < -0.3 is 13.9 Å². The Morgan fingerprint density at radius 1 is 1.07 bits per heavy atom. The molecule has 43 heavy (non-hydrogen) atoms. The first-order chi connectivity index (χ1) is 20.8. The van der Waals surface area contributed by atoms with Crippen LogP contribution >= 0.6 is 27.5 Å². The number of hydrogen-bond acceptors (Lipinski definition) is 8. The number of rotatable bonds is 8. The molecule has 0 unspecified atom stereocenters. The molecule has 0 saturated carbocycles. The van der Waals surface area contributed by atoms with Crippen LogP contribution in [0, 0.1) is 10.1 Å². The molecule has 0 atom stereocenters. The van der Waals surface area contributed by atoms with Crippen LogP contribution in [0.4, 0.5) is 5.69 Å². The fraction of sp³-hybridized carbons (Fsp3) is 0.0645. The van der Waals surface area contributed by atoms with Gasteiger partial charge in [-0.3, -0.25) is 14.9 Å². The Kier molecular flexibility index (Phi) is 7.66. The normalized spacial score (nSPS) is 11.4. The Balaban J connectivity index is 1.42. The van der Waals surface area contributed by atoms with Crippen molar-refractivity contribution in [1.82, 2.24) is 9.66 Å². The van der Waals surface area contributed by atoms with Crippen LogP contribution in [-0.2, 0) is 6.61 Å². The van der Waals surface area contributed by atoms with E-state index in [0.29, 0.717) is 42.7 Å². The number of para-hydroxylation sites is 1. The monoisotopic (exact) mass is 658 g/mol. The van der Waals surface area contributed by atoms with Crippen LogP contribution in [0.2, 0.25) is 5.02 Å². The highest BCUT2D eigenvalue weighted by molar-refractivity contribution is 9.10. The van der Waals surface area contributed by atoms with E-state index in [4.69, 9.17) is 25.5 Å². The minimum Gasteiger partial charge on any atom is -0.496 e. The Morgan fingerprint density at radius 2 is 1.86 bits per heavy atom. The maximum absolute atomic E-state index is 13.6. The molecule has 0 aliphatic carbocycles. The number of fused-ring (bicyclic) bond motifs is 2. The Labute approximate surface area is 257 Å². The van der Waals surface area contributed by atoms with Crippen molar-refractivity contribution >= 4 is 61.3 Å². The summed E-state index contributed by atoms with van der Waals surface area (Å²) in [4.78, 5) is 29.7. The zero-order valence-corrected chi connectivity index (χ0v) is 24.7. The molecule has 2 aromatic heterocycles. The molecule has 214 valence electrons. The number of halogens is 2. The second kappa shape index (κ2) is 11.7. The number of methoxy groups -OCH3 is 1. The molecule has 2 heterocycles. The number of ether oxygens (including phenoxy) is 2.